The van der Waals surface area contributed by atoms with Gasteiger partial charge in [0.25, 0.3) is 5.69 Å². The number of amides is 2. The molecule has 148 valence electrons. The summed E-state index contributed by atoms with van der Waals surface area (Å²) in [7, 11) is 1.47. The maximum atomic E-state index is 13.0. The summed E-state index contributed by atoms with van der Waals surface area (Å²) in [6.45, 7) is 1.64. The van der Waals surface area contributed by atoms with E-state index >= 15 is 0 Å². The number of likely N-dealkylation sites (N-methyl/N-ethyl adjacent to an activating group) is 1. The highest BCUT2D eigenvalue weighted by Crippen LogP contribution is 2.24. The Balaban J connectivity index is 2.34. The van der Waals surface area contributed by atoms with E-state index in [4.69, 9.17) is 23.2 Å². The summed E-state index contributed by atoms with van der Waals surface area (Å²) in [5.41, 5.74) is 0.736. The maximum absolute atomic E-state index is 13.0. The average Bonchev–Trinajstić information content (AvgIpc) is 2.66. The zero-order chi connectivity index (χ0) is 20.8. The van der Waals surface area contributed by atoms with Crippen molar-refractivity contribution in [2.45, 2.75) is 25.9 Å². The first kappa shape index (κ1) is 21.7. The van der Waals surface area contributed by atoms with Crippen molar-refractivity contribution < 1.29 is 14.5 Å². The molecular weight excluding hydrogens is 405 g/mol. The van der Waals surface area contributed by atoms with Crippen LogP contribution in [0.5, 0.6) is 0 Å². The monoisotopic (exact) mass is 423 g/mol. The van der Waals surface area contributed by atoms with Crippen LogP contribution >= 0.6 is 23.2 Å². The van der Waals surface area contributed by atoms with Gasteiger partial charge in [0.1, 0.15) is 6.04 Å². The van der Waals surface area contributed by atoms with Gasteiger partial charge in [-0.05, 0) is 24.6 Å². The second-order valence-electron chi connectivity index (χ2n) is 6.11. The van der Waals surface area contributed by atoms with E-state index in [0.29, 0.717) is 15.6 Å². The molecule has 1 unspecified atom stereocenters. The van der Waals surface area contributed by atoms with Crippen molar-refractivity contribution >= 4 is 40.7 Å². The highest BCUT2D eigenvalue weighted by molar-refractivity contribution is 6.35. The summed E-state index contributed by atoms with van der Waals surface area (Å²) in [6.07, 6.45) is -0.219. The van der Waals surface area contributed by atoms with Crippen LogP contribution in [0.15, 0.2) is 42.5 Å². The van der Waals surface area contributed by atoms with Gasteiger partial charge in [-0.25, -0.2) is 0 Å². The van der Waals surface area contributed by atoms with Crippen LogP contribution in [0.25, 0.3) is 0 Å². The molecule has 0 bridgehead atoms. The topological polar surface area (TPSA) is 92.6 Å². The van der Waals surface area contributed by atoms with E-state index in [1.165, 1.54) is 30.1 Å². The zero-order valence-corrected chi connectivity index (χ0v) is 16.8. The lowest BCUT2D eigenvalue weighted by atomic mass is 10.1. The first-order valence-corrected chi connectivity index (χ1v) is 9.17. The van der Waals surface area contributed by atoms with Crippen LogP contribution in [0.3, 0.4) is 0 Å². The third kappa shape index (κ3) is 5.21. The van der Waals surface area contributed by atoms with Crippen molar-refractivity contribution in [3.63, 3.8) is 0 Å². The van der Waals surface area contributed by atoms with Crippen LogP contribution in [-0.2, 0) is 22.6 Å². The van der Waals surface area contributed by atoms with Crippen LogP contribution in [0, 0.1) is 10.1 Å². The molecule has 2 aromatic carbocycles. The number of rotatable bonds is 7. The number of nitro groups is 1. The van der Waals surface area contributed by atoms with Gasteiger partial charge < -0.3 is 10.2 Å². The fourth-order valence-electron chi connectivity index (χ4n) is 2.73. The third-order valence-electron chi connectivity index (χ3n) is 4.30. The summed E-state index contributed by atoms with van der Waals surface area (Å²) in [5.74, 6) is -0.794. The van der Waals surface area contributed by atoms with Gasteiger partial charge in [-0.15, -0.1) is 0 Å². The first-order valence-electron chi connectivity index (χ1n) is 8.42. The Morgan fingerprint density at radius 2 is 1.86 bits per heavy atom. The maximum Gasteiger partial charge on any atom is 0.273 e. The van der Waals surface area contributed by atoms with Crippen LogP contribution in [0.4, 0.5) is 5.69 Å². The van der Waals surface area contributed by atoms with Gasteiger partial charge in [0.05, 0.1) is 11.3 Å². The molecule has 0 saturated carbocycles. The standard InChI is InChI=1S/C19H19Cl2N3O4/c1-12(19(26)22-2)23(11-14-7-8-15(20)10-16(14)21)18(25)9-13-5-3-4-6-17(13)24(27)28/h3-8,10,12H,9,11H2,1-2H3,(H,22,26). The number of nitrogens with one attached hydrogen (secondary N) is 1. The predicted octanol–water partition coefficient (Wildman–Crippen LogP) is 3.61. The highest BCUT2D eigenvalue weighted by atomic mass is 35.5. The van der Waals surface area contributed by atoms with Crippen molar-refractivity contribution in [1.82, 2.24) is 10.2 Å². The molecule has 0 radical (unpaired) electrons. The minimum atomic E-state index is -0.799. The van der Waals surface area contributed by atoms with Gasteiger partial charge in [0, 0.05) is 35.3 Å². The number of hydrogen-bond donors (Lipinski definition) is 1. The van der Waals surface area contributed by atoms with Gasteiger partial charge >= 0.3 is 0 Å². The molecule has 2 amide bonds. The van der Waals surface area contributed by atoms with Crippen LogP contribution in [0.2, 0.25) is 10.0 Å². The fraction of sp³-hybridized carbons (Fsp3) is 0.263. The number of para-hydroxylation sites is 1. The summed E-state index contributed by atoms with van der Waals surface area (Å²) in [4.78, 5) is 37.2. The molecule has 7 nitrogen and oxygen atoms in total. The molecule has 0 heterocycles. The molecule has 2 aromatic rings. The number of nitrogens with zero attached hydrogens (tertiary/aromatic N) is 2. The number of halogens is 2. The van der Waals surface area contributed by atoms with Crippen molar-refractivity contribution in [2.24, 2.45) is 0 Å². The Morgan fingerprint density at radius 1 is 1.18 bits per heavy atom. The summed E-state index contributed by atoms with van der Waals surface area (Å²) < 4.78 is 0. The molecule has 1 atom stereocenters. The molecule has 2 rings (SSSR count). The van der Waals surface area contributed by atoms with Crippen molar-refractivity contribution in [1.29, 1.82) is 0 Å². The lowest BCUT2D eigenvalue weighted by molar-refractivity contribution is -0.385. The zero-order valence-electron chi connectivity index (χ0n) is 15.3. The van der Waals surface area contributed by atoms with E-state index < -0.39 is 16.9 Å². The van der Waals surface area contributed by atoms with Gasteiger partial charge in [-0.3, -0.25) is 19.7 Å². The number of hydrogen-bond acceptors (Lipinski definition) is 4. The van der Waals surface area contributed by atoms with E-state index in [1.54, 1.807) is 31.2 Å². The molecule has 1 N–H and O–H groups in total. The number of nitro benzene ring substituents is 1. The van der Waals surface area contributed by atoms with Crippen LogP contribution < -0.4 is 5.32 Å². The summed E-state index contributed by atoms with van der Waals surface area (Å²) >= 11 is 12.1. The van der Waals surface area contributed by atoms with E-state index in [0.717, 1.165) is 0 Å². The summed E-state index contributed by atoms with van der Waals surface area (Å²) in [6, 6.07) is 10.1. The van der Waals surface area contributed by atoms with E-state index in [-0.39, 0.29) is 30.1 Å². The normalized spacial score (nSPS) is 11.6. The van der Waals surface area contributed by atoms with Gasteiger partial charge in [0.2, 0.25) is 11.8 Å². The van der Waals surface area contributed by atoms with Crippen LogP contribution in [0.1, 0.15) is 18.1 Å². The Hall–Kier alpha value is -2.64. The predicted molar refractivity (Wildman–Crippen MR) is 107 cm³/mol. The first-order chi connectivity index (χ1) is 13.2. The van der Waals surface area contributed by atoms with Gasteiger partial charge in [0.15, 0.2) is 0 Å². The minimum Gasteiger partial charge on any atom is -0.357 e. The molecule has 0 aliphatic rings. The smallest absolute Gasteiger partial charge is 0.273 e. The Labute approximate surface area is 172 Å². The van der Waals surface area contributed by atoms with Crippen molar-refractivity contribution in [2.75, 3.05) is 7.05 Å². The molecule has 0 spiro atoms. The Kier molecular flexibility index (Phi) is 7.37. The Morgan fingerprint density at radius 3 is 2.46 bits per heavy atom. The average molecular weight is 424 g/mol. The van der Waals surface area contributed by atoms with Gasteiger partial charge in [-0.1, -0.05) is 47.5 Å². The lowest BCUT2D eigenvalue weighted by Gasteiger charge is -2.28. The minimum absolute atomic E-state index is 0.0596. The summed E-state index contributed by atoms with van der Waals surface area (Å²) in [5, 5.41) is 14.5. The lowest BCUT2D eigenvalue weighted by Crippen LogP contribution is -2.47. The Bertz CT molecular complexity index is 904. The molecule has 0 aromatic heterocycles. The fourth-order valence-corrected chi connectivity index (χ4v) is 3.20. The highest BCUT2D eigenvalue weighted by Gasteiger charge is 2.27. The quantitative estimate of drug-likeness (QED) is 0.543. The SMILES string of the molecule is CNC(=O)C(C)N(Cc1ccc(Cl)cc1Cl)C(=O)Cc1ccccc1[N+](=O)[O-]. The van der Waals surface area contributed by atoms with Crippen LogP contribution in [-0.4, -0.2) is 34.7 Å². The molecule has 9 heteroatoms. The van der Waals surface area contributed by atoms with E-state index in [1.807, 2.05) is 0 Å². The molecule has 0 aliphatic heterocycles. The van der Waals surface area contributed by atoms with Crippen molar-refractivity contribution in [3.8, 4) is 0 Å². The van der Waals surface area contributed by atoms with E-state index in [2.05, 4.69) is 5.32 Å². The largest absolute Gasteiger partial charge is 0.357 e. The molecular formula is C19H19Cl2N3O4. The molecule has 0 saturated heterocycles. The number of benzene rings is 2. The van der Waals surface area contributed by atoms with Gasteiger partial charge in [-0.2, -0.15) is 0 Å². The second kappa shape index (κ2) is 9.52. The second-order valence-corrected chi connectivity index (χ2v) is 6.95. The molecule has 0 fully saturated rings. The number of carbonyl (C=O) groups excluding carboxylic acids is 2. The van der Waals surface area contributed by atoms with E-state index in [9.17, 15) is 19.7 Å². The third-order valence-corrected chi connectivity index (χ3v) is 4.89. The molecule has 28 heavy (non-hydrogen) atoms. The molecule has 0 aliphatic carbocycles. The number of carbonyl (C=O) groups is 2. The van der Waals surface area contributed by atoms with Crippen molar-refractivity contribution in [3.05, 3.63) is 73.8 Å².